The molecule has 0 saturated heterocycles. The summed E-state index contributed by atoms with van der Waals surface area (Å²) in [5, 5.41) is 30.1. The Balaban J connectivity index is 1.83. The van der Waals surface area contributed by atoms with E-state index in [-0.39, 0.29) is 22.0 Å². The fourth-order valence-electron chi connectivity index (χ4n) is 5.07. The number of hydrogen-bond acceptors (Lipinski definition) is 10. The molecule has 1 amide bonds. The van der Waals surface area contributed by atoms with Gasteiger partial charge in [-0.05, 0) is 43.5 Å². The number of carbonyl (C=O) groups is 3. The van der Waals surface area contributed by atoms with Crippen LogP contribution in [0.3, 0.4) is 0 Å². The van der Waals surface area contributed by atoms with E-state index in [4.69, 9.17) is 22.5 Å². The monoisotopic (exact) mass is 679 g/mol. The first-order valence-corrected chi connectivity index (χ1v) is 16.7. The van der Waals surface area contributed by atoms with Crippen LogP contribution in [0, 0.1) is 0 Å². The number of halogens is 1. The third-order valence-electron chi connectivity index (χ3n) is 7.23. The van der Waals surface area contributed by atoms with Gasteiger partial charge in [-0.2, -0.15) is 0 Å². The van der Waals surface area contributed by atoms with E-state index in [9.17, 15) is 41.4 Å². The van der Waals surface area contributed by atoms with Crippen LogP contribution in [-0.4, -0.2) is 67.3 Å². The Morgan fingerprint density at radius 3 is 2.22 bits per heavy atom. The van der Waals surface area contributed by atoms with Crippen molar-refractivity contribution in [3.05, 3.63) is 82.9 Å². The number of nitrogens with one attached hydrogen (secondary N) is 2. The van der Waals surface area contributed by atoms with Crippen LogP contribution in [0.1, 0.15) is 30.5 Å². The largest absolute Gasteiger partial charge is 0.480 e. The van der Waals surface area contributed by atoms with E-state index in [1.54, 1.807) is 36.4 Å². The Kier molecular flexibility index (Phi) is 9.74. The smallest absolute Gasteiger partial charge is 0.328 e. The lowest BCUT2D eigenvalue weighted by molar-refractivity contribution is -0.140. The van der Waals surface area contributed by atoms with Gasteiger partial charge < -0.3 is 21.3 Å². The van der Waals surface area contributed by atoms with Crippen molar-refractivity contribution in [2.24, 2.45) is 5.14 Å². The van der Waals surface area contributed by atoms with Crippen LogP contribution in [0.25, 0.3) is 0 Å². The van der Waals surface area contributed by atoms with Crippen LogP contribution < -0.4 is 21.5 Å². The van der Waals surface area contributed by atoms with Gasteiger partial charge in [0.25, 0.3) is 15.9 Å². The van der Waals surface area contributed by atoms with Crippen molar-refractivity contribution in [2.75, 3.05) is 11.1 Å². The summed E-state index contributed by atoms with van der Waals surface area (Å²) in [7, 11) is -9.77. The van der Waals surface area contributed by atoms with E-state index in [2.05, 4.69) is 10.6 Å². The van der Waals surface area contributed by atoms with Crippen LogP contribution in [0.5, 0.6) is 0 Å². The summed E-state index contributed by atoms with van der Waals surface area (Å²) in [6.07, 6.45) is 0.337. The number of anilines is 2. The number of fused-ring (bicyclic) bond motifs is 1. The number of rotatable bonds is 12. The Morgan fingerprint density at radius 1 is 1.00 bits per heavy atom. The van der Waals surface area contributed by atoms with Crippen LogP contribution in [-0.2, 0) is 40.9 Å². The minimum absolute atomic E-state index is 0.0249. The summed E-state index contributed by atoms with van der Waals surface area (Å²) >= 11 is 5.98. The van der Waals surface area contributed by atoms with Gasteiger partial charge in [0.1, 0.15) is 21.9 Å². The van der Waals surface area contributed by atoms with Crippen LogP contribution in [0.2, 0.25) is 5.02 Å². The van der Waals surface area contributed by atoms with Crippen LogP contribution >= 0.6 is 11.6 Å². The maximum atomic E-state index is 14.4. The zero-order valence-electron chi connectivity index (χ0n) is 23.6. The molecule has 17 heteroatoms. The first kappa shape index (κ1) is 33.7. The van der Waals surface area contributed by atoms with Gasteiger partial charge in [0.05, 0.1) is 16.8 Å². The second kappa shape index (κ2) is 13.0. The Morgan fingerprint density at radius 2 is 1.62 bits per heavy atom. The van der Waals surface area contributed by atoms with Crippen LogP contribution in [0.4, 0.5) is 11.4 Å². The summed E-state index contributed by atoms with van der Waals surface area (Å²) in [6, 6.07) is 10.1. The summed E-state index contributed by atoms with van der Waals surface area (Å²) in [5.74, 6) is -4.05. The van der Waals surface area contributed by atoms with Gasteiger partial charge >= 0.3 is 11.9 Å². The van der Waals surface area contributed by atoms with Gasteiger partial charge in [-0.3, -0.25) is 14.9 Å². The number of aryl methyl sites for hydroxylation is 1. The topological polar surface area (TPSA) is 239 Å². The van der Waals surface area contributed by atoms with Gasteiger partial charge in [0.2, 0.25) is 10.0 Å². The van der Waals surface area contributed by atoms with Gasteiger partial charge in [-0.15, -0.1) is 0 Å². The van der Waals surface area contributed by atoms with Gasteiger partial charge in [0.15, 0.2) is 6.04 Å². The third-order valence-corrected chi connectivity index (χ3v) is 10.4. The first-order chi connectivity index (χ1) is 21.0. The molecule has 0 saturated carbocycles. The standard InChI is InChI=1S/C28H30ClN5O9S2/c1-15(32-21(27(36)37)12-11-16-7-3-2-4-8-16)26(35)34(25-17-9-5-6-10-20(17)33-24(25)28(38)39)45(42,43)23-14-22(44(31,40)41)18(29)13-19(23)30/h2-10,13-15,21,24-25,32-33H,11-12,30H2,1H3,(H,36,37)(H,38,39)(H2,31,40,41)/t15-,21-,24?,25?/m0/s1. The summed E-state index contributed by atoms with van der Waals surface area (Å²) < 4.78 is 53.4. The van der Waals surface area contributed by atoms with E-state index in [1.165, 1.54) is 25.1 Å². The number of nitrogens with two attached hydrogens (primary N) is 2. The predicted molar refractivity (Wildman–Crippen MR) is 164 cm³/mol. The van der Waals surface area contributed by atoms with E-state index in [0.717, 1.165) is 11.6 Å². The highest BCUT2D eigenvalue weighted by Crippen LogP contribution is 2.42. The molecule has 4 atom stereocenters. The Hall–Kier alpha value is -4.22. The molecule has 3 aromatic rings. The molecule has 45 heavy (non-hydrogen) atoms. The fraction of sp³-hybridized carbons (Fsp3) is 0.250. The van der Waals surface area contributed by atoms with Crippen molar-refractivity contribution in [2.45, 2.75) is 53.7 Å². The maximum absolute atomic E-state index is 14.4. The summed E-state index contributed by atoms with van der Waals surface area (Å²) in [5.41, 5.74) is 6.59. The molecule has 2 unspecified atom stereocenters. The van der Waals surface area contributed by atoms with Crippen molar-refractivity contribution in [1.82, 2.24) is 9.62 Å². The number of nitrogens with zero attached hydrogens (tertiary/aromatic N) is 1. The van der Waals surface area contributed by atoms with E-state index >= 15 is 0 Å². The van der Waals surface area contributed by atoms with E-state index in [0.29, 0.717) is 12.5 Å². The molecule has 1 heterocycles. The predicted octanol–water partition coefficient (Wildman–Crippen LogP) is 1.77. The maximum Gasteiger partial charge on any atom is 0.328 e. The number of sulfonamides is 2. The number of primary sulfonamides is 1. The molecule has 0 aliphatic carbocycles. The molecule has 0 fully saturated rings. The summed E-state index contributed by atoms with van der Waals surface area (Å²) in [4.78, 5) is 37.0. The molecule has 14 nitrogen and oxygen atoms in total. The number of carbonyl (C=O) groups excluding carboxylic acids is 1. The SMILES string of the molecule is C[C@H](N[C@@H](CCc1ccccc1)C(=O)O)C(=O)N(C1c2ccccc2NC1C(=O)O)S(=O)(=O)c1cc(S(N)(=O)=O)c(Cl)cc1N. The minimum Gasteiger partial charge on any atom is -0.480 e. The number of nitrogen functional groups attached to an aromatic ring is 1. The van der Waals surface area contributed by atoms with Crippen LogP contribution in [0.15, 0.2) is 76.5 Å². The molecule has 4 rings (SSSR count). The zero-order valence-corrected chi connectivity index (χ0v) is 26.0. The highest BCUT2D eigenvalue weighted by Gasteiger charge is 2.49. The number of amides is 1. The molecule has 0 radical (unpaired) electrons. The molecule has 3 aromatic carbocycles. The van der Waals surface area contributed by atoms with Gasteiger partial charge in [-0.1, -0.05) is 60.1 Å². The van der Waals surface area contributed by atoms with Crippen molar-refractivity contribution in [1.29, 1.82) is 0 Å². The van der Waals surface area contributed by atoms with Gasteiger partial charge in [-0.25, -0.2) is 31.1 Å². The van der Waals surface area contributed by atoms with E-state index in [1.807, 2.05) is 0 Å². The highest BCUT2D eigenvalue weighted by molar-refractivity contribution is 7.90. The number of carboxylic acids is 2. The fourth-order valence-corrected chi connectivity index (χ4v) is 8.02. The molecular formula is C28H30ClN5O9S2. The third kappa shape index (κ3) is 7.04. The molecule has 0 aromatic heterocycles. The van der Waals surface area contributed by atoms with Crippen molar-refractivity contribution < 1.29 is 41.4 Å². The average Bonchev–Trinajstić information content (AvgIpc) is 3.34. The van der Waals surface area contributed by atoms with Gasteiger partial charge in [0, 0.05) is 11.3 Å². The lowest BCUT2D eigenvalue weighted by Gasteiger charge is -2.34. The Bertz CT molecular complexity index is 1860. The molecular weight excluding hydrogens is 650 g/mol. The first-order valence-electron chi connectivity index (χ1n) is 13.3. The molecule has 240 valence electrons. The molecule has 1 aliphatic heterocycles. The molecule has 0 spiro atoms. The summed E-state index contributed by atoms with van der Waals surface area (Å²) in [6.45, 7) is 1.23. The lowest BCUT2D eigenvalue weighted by Crippen LogP contribution is -2.55. The second-order valence-electron chi connectivity index (χ2n) is 10.3. The number of carboxylic acid groups (broad SMARTS) is 2. The minimum atomic E-state index is -5.19. The van der Waals surface area contributed by atoms with E-state index < -0.39 is 82.6 Å². The quantitative estimate of drug-likeness (QED) is 0.150. The second-order valence-corrected chi connectivity index (χ2v) is 14.0. The lowest BCUT2D eigenvalue weighted by atomic mass is 10.0. The highest BCUT2D eigenvalue weighted by atomic mass is 35.5. The molecule has 0 bridgehead atoms. The van der Waals surface area contributed by atoms with Crippen molar-refractivity contribution >= 4 is 60.9 Å². The van der Waals surface area contributed by atoms with Crippen molar-refractivity contribution in [3.8, 4) is 0 Å². The molecule has 1 aliphatic rings. The Labute approximate surface area is 264 Å². The number of aliphatic carboxylic acids is 2. The zero-order chi connectivity index (χ0) is 33.3. The number of hydrogen-bond donors (Lipinski definition) is 6. The number of para-hydroxylation sites is 1. The number of benzene rings is 3. The normalized spacial score (nSPS) is 17.5. The average molecular weight is 680 g/mol. The molecule has 8 N–H and O–H groups in total. The van der Waals surface area contributed by atoms with Crippen molar-refractivity contribution in [3.63, 3.8) is 0 Å².